The molecule has 1 N–H and O–H groups in total. The number of hydrogen-bond acceptors (Lipinski definition) is 3. The Morgan fingerprint density at radius 2 is 2.43 bits per heavy atom. The van der Waals surface area contributed by atoms with Crippen LogP contribution in [0.3, 0.4) is 0 Å². The van der Waals surface area contributed by atoms with E-state index in [4.69, 9.17) is 9.52 Å². The molecule has 1 saturated carbocycles. The number of aliphatic hydroxyl groups excluding tert-OH is 1. The largest absolute Gasteiger partial charge is 0.448 e. The Hall–Kier alpha value is -0.970. The molecule has 0 radical (unpaired) electrons. The summed E-state index contributed by atoms with van der Waals surface area (Å²) < 4.78 is 31.6. The van der Waals surface area contributed by atoms with E-state index in [1.54, 1.807) is 0 Å². The molecule has 5 heteroatoms. The van der Waals surface area contributed by atoms with Crippen molar-refractivity contribution in [3.05, 3.63) is 17.8 Å². The summed E-state index contributed by atoms with van der Waals surface area (Å²) in [6, 6.07) is 0. The first-order chi connectivity index (χ1) is 6.65. The first kappa shape index (κ1) is 9.58. The van der Waals surface area contributed by atoms with Crippen LogP contribution in [0.25, 0.3) is 0 Å². The molecule has 1 heterocycles. The van der Waals surface area contributed by atoms with Gasteiger partial charge in [0.1, 0.15) is 11.5 Å². The number of aliphatic hydroxyl groups is 1. The lowest BCUT2D eigenvalue weighted by atomic mass is 10.0. The number of rotatable bonds is 2. The Morgan fingerprint density at radius 3 is 3.00 bits per heavy atom. The fraction of sp³-hybridized carbons (Fsp3) is 0.667. The first-order valence-corrected chi connectivity index (χ1v) is 4.56. The quantitative estimate of drug-likeness (QED) is 0.800. The lowest BCUT2D eigenvalue weighted by Gasteiger charge is -2.16. The molecule has 0 amide bonds. The predicted octanol–water partition coefficient (Wildman–Crippen LogP) is 2.07. The van der Waals surface area contributed by atoms with Crippen molar-refractivity contribution >= 4 is 0 Å². The second kappa shape index (κ2) is 3.31. The topological polar surface area (TPSA) is 46.3 Å². The average molecular weight is 203 g/mol. The second-order valence-electron chi connectivity index (χ2n) is 3.53. The molecule has 0 bridgehead atoms. The highest BCUT2D eigenvalue weighted by Gasteiger charge is 2.47. The Labute approximate surface area is 79.8 Å². The highest BCUT2D eigenvalue weighted by molar-refractivity contribution is 5.17. The summed E-state index contributed by atoms with van der Waals surface area (Å²) >= 11 is 0. The summed E-state index contributed by atoms with van der Waals surface area (Å²) in [6.07, 6.45) is 1.89. The fourth-order valence-corrected chi connectivity index (χ4v) is 1.93. The van der Waals surface area contributed by atoms with Gasteiger partial charge in [-0.05, 0) is 12.8 Å². The average Bonchev–Trinajstić information content (AvgIpc) is 2.69. The minimum absolute atomic E-state index is 0.108. The third-order valence-electron chi connectivity index (χ3n) is 2.65. The molecular weight excluding hydrogens is 192 g/mol. The predicted molar refractivity (Wildman–Crippen MR) is 44.0 cm³/mol. The summed E-state index contributed by atoms with van der Waals surface area (Å²) in [6.45, 7) is -0.349. The molecule has 78 valence electrons. The van der Waals surface area contributed by atoms with Crippen LogP contribution in [-0.2, 0) is 6.61 Å². The zero-order valence-electron chi connectivity index (χ0n) is 7.54. The van der Waals surface area contributed by atoms with E-state index in [2.05, 4.69) is 4.98 Å². The smallest absolute Gasteiger partial charge is 0.258 e. The zero-order chi connectivity index (χ0) is 10.2. The number of aromatic nitrogens is 1. The number of oxazole rings is 1. The van der Waals surface area contributed by atoms with Gasteiger partial charge in [0.25, 0.3) is 5.92 Å². The molecule has 1 aromatic rings. The standard InChI is InChI=1S/C9H11F2NO2/c10-9(11)3-1-2-6(9)8-7(4-13)12-5-14-8/h5-6,13H,1-4H2. The van der Waals surface area contributed by atoms with Crippen molar-refractivity contribution in [2.24, 2.45) is 0 Å². The van der Waals surface area contributed by atoms with Crippen molar-refractivity contribution in [3.63, 3.8) is 0 Å². The lowest BCUT2D eigenvalue weighted by molar-refractivity contribution is -0.0150. The van der Waals surface area contributed by atoms with E-state index in [0.29, 0.717) is 12.8 Å². The highest BCUT2D eigenvalue weighted by Crippen LogP contribution is 2.47. The maximum absolute atomic E-state index is 13.3. The molecule has 1 aliphatic carbocycles. The number of nitrogens with zero attached hydrogens (tertiary/aromatic N) is 1. The SMILES string of the molecule is OCc1ncoc1C1CCCC1(F)F. The van der Waals surface area contributed by atoms with Gasteiger partial charge in [0, 0.05) is 6.42 Å². The van der Waals surface area contributed by atoms with Crippen molar-refractivity contribution in [1.29, 1.82) is 0 Å². The van der Waals surface area contributed by atoms with E-state index < -0.39 is 11.8 Å². The van der Waals surface area contributed by atoms with Gasteiger partial charge in [-0.3, -0.25) is 0 Å². The van der Waals surface area contributed by atoms with Crippen LogP contribution in [0.1, 0.15) is 36.6 Å². The van der Waals surface area contributed by atoms with Crippen LogP contribution in [0, 0.1) is 0 Å². The zero-order valence-corrected chi connectivity index (χ0v) is 7.54. The van der Waals surface area contributed by atoms with Crippen LogP contribution in [0.15, 0.2) is 10.8 Å². The molecule has 1 unspecified atom stereocenters. The molecule has 1 aliphatic rings. The van der Waals surface area contributed by atoms with Gasteiger partial charge in [-0.15, -0.1) is 0 Å². The summed E-state index contributed by atoms with van der Waals surface area (Å²) in [5.74, 6) is -3.48. The van der Waals surface area contributed by atoms with Crippen LogP contribution in [-0.4, -0.2) is 16.0 Å². The molecule has 0 aromatic carbocycles. The highest BCUT2D eigenvalue weighted by atomic mass is 19.3. The third-order valence-corrected chi connectivity index (χ3v) is 2.65. The number of halogens is 2. The van der Waals surface area contributed by atoms with Crippen LogP contribution >= 0.6 is 0 Å². The molecule has 2 rings (SSSR count). The molecule has 1 aromatic heterocycles. The van der Waals surface area contributed by atoms with Gasteiger partial charge in [0.2, 0.25) is 0 Å². The van der Waals surface area contributed by atoms with Gasteiger partial charge >= 0.3 is 0 Å². The fourth-order valence-electron chi connectivity index (χ4n) is 1.93. The van der Waals surface area contributed by atoms with Gasteiger partial charge in [-0.25, -0.2) is 13.8 Å². The van der Waals surface area contributed by atoms with Crippen molar-refractivity contribution < 1.29 is 18.3 Å². The normalized spacial score (nSPS) is 25.5. The number of hydrogen-bond donors (Lipinski definition) is 1. The van der Waals surface area contributed by atoms with Gasteiger partial charge in [-0.2, -0.15) is 0 Å². The lowest BCUT2D eigenvalue weighted by Crippen LogP contribution is -2.20. The Bertz CT molecular complexity index is 324. The molecule has 1 fully saturated rings. The van der Waals surface area contributed by atoms with E-state index in [1.165, 1.54) is 0 Å². The third kappa shape index (κ3) is 1.41. The minimum atomic E-state index is -2.72. The van der Waals surface area contributed by atoms with Gasteiger partial charge in [-0.1, -0.05) is 0 Å². The molecular formula is C9H11F2NO2. The van der Waals surface area contributed by atoms with E-state index in [-0.39, 0.29) is 24.5 Å². The Morgan fingerprint density at radius 1 is 1.64 bits per heavy atom. The van der Waals surface area contributed by atoms with Gasteiger partial charge in [0.05, 0.1) is 12.5 Å². The van der Waals surface area contributed by atoms with Crippen LogP contribution in [0.5, 0.6) is 0 Å². The molecule has 3 nitrogen and oxygen atoms in total. The first-order valence-electron chi connectivity index (χ1n) is 4.56. The molecule has 1 atom stereocenters. The molecule has 0 saturated heterocycles. The van der Waals surface area contributed by atoms with E-state index in [1.807, 2.05) is 0 Å². The van der Waals surface area contributed by atoms with E-state index in [0.717, 1.165) is 6.39 Å². The molecule has 14 heavy (non-hydrogen) atoms. The van der Waals surface area contributed by atoms with E-state index in [9.17, 15) is 8.78 Å². The monoisotopic (exact) mass is 203 g/mol. The van der Waals surface area contributed by atoms with Crippen molar-refractivity contribution in [3.8, 4) is 0 Å². The molecule has 0 spiro atoms. The van der Waals surface area contributed by atoms with Crippen LogP contribution in [0.4, 0.5) is 8.78 Å². The van der Waals surface area contributed by atoms with Crippen molar-refractivity contribution in [1.82, 2.24) is 4.98 Å². The van der Waals surface area contributed by atoms with E-state index >= 15 is 0 Å². The summed E-state index contributed by atoms with van der Waals surface area (Å²) in [5, 5.41) is 8.87. The maximum Gasteiger partial charge on any atom is 0.258 e. The maximum atomic E-state index is 13.3. The van der Waals surface area contributed by atoms with Crippen LogP contribution < -0.4 is 0 Å². The summed E-state index contributed by atoms with van der Waals surface area (Å²) in [5.41, 5.74) is 0.233. The van der Waals surface area contributed by atoms with Crippen LogP contribution in [0.2, 0.25) is 0 Å². The van der Waals surface area contributed by atoms with Gasteiger partial charge < -0.3 is 9.52 Å². The van der Waals surface area contributed by atoms with Gasteiger partial charge in [0.15, 0.2) is 6.39 Å². The number of alkyl halides is 2. The summed E-state index contributed by atoms with van der Waals surface area (Å²) in [7, 11) is 0. The Balaban J connectivity index is 2.30. The minimum Gasteiger partial charge on any atom is -0.448 e. The molecule has 0 aliphatic heterocycles. The van der Waals surface area contributed by atoms with Crippen molar-refractivity contribution in [2.75, 3.05) is 0 Å². The Kier molecular flexibility index (Phi) is 2.26. The van der Waals surface area contributed by atoms with Crippen molar-refractivity contribution in [2.45, 2.75) is 37.7 Å². The summed E-state index contributed by atoms with van der Waals surface area (Å²) in [4.78, 5) is 3.69. The second-order valence-corrected chi connectivity index (χ2v) is 3.53.